The van der Waals surface area contributed by atoms with Crippen LogP contribution in [0.3, 0.4) is 0 Å². The van der Waals surface area contributed by atoms with Crippen LogP contribution in [0, 0.1) is 0 Å². The van der Waals surface area contributed by atoms with Crippen LogP contribution >= 0.6 is 661 Å². The van der Waals surface area contributed by atoms with Gasteiger partial charge in [0.25, 0.3) is 0 Å². The lowest BCUT2D eigenvalue weighted by Crippen LogP contribution is -2.77. The summed E-state index contributed by atoms with van der Waals surface area (Å²) in [5, 5.41) is -2.98. The minimum Gasteiger partial charge on any atom is -0.116 e. The molecule has 0 aromatic carbocycles. The van der Waals surface area contributed by atoms with E-state index >= 15 is 0 Å². The molecule has 0 heterocycles. The minimum atomic E-state index is -4.00. The Morgan fingerprint density at radius 2 is 0.140 bits per heavy atom. The summed E-state index contributed by atoms with van der Waals surface area (Å²) in [5.41, 5.74) is 0. The van der Waals surface area contributed by atoms with Crippen molar-refractivity contribution in [3.8, 4) is 0 Å². The first-order chi connectivity index (χ1) is 35.9. The third kappa shape index (κ3) is 13.5. The quantitative estimate of drug-likeness (QED) is 0.212. The lowest BCUT2D eigenvalue weighted by molar-refractivity contribution is 0.379. The fourth-order valence-electron chi connectivity index (χ4n) is 5.70. The standard InChI is InChI=1S/C29HCl57/c30-1-2(31,32)4(35,36)6(39,40)8(43,44)10(47,48)12(51,52)14(55,56)16(59,60)18(63,64)20(67,68)22(71,72)24(75,76)26(79,80)28(83,84)29(85,86)27(81,82)25(77,78)23(73,74)21(69,70)19(65,66)17(61,62)15(57,58)13(53,54)11(49,50)9(45,46)7(41,42)5(37,38)3(1,33)34/h1H. The van der Waals surface area contributed by atoms with Gasteiger partial charge in [0.15, 0.2) is 121 Å². The summed E-state index contributed by atoms with van der Waals surface area (Å²) >= 11 is 384. The van der Waals surface area contributed by atoms with Gasteiger partial charge < -0.3 is 0 Å². The van der Waals surface area contributed by atoms with Gasteiger partial charge in [0.2, 0.25) is 0 Å². The monoisotopic (exact) mass is 2340 g/mol. The van der Waals surface area contributed by atoms with Crippen LogP contribution in [0.5, 0.6) is 0 Å². The van der Waals surface area contributed by atoms with Crippen molar-refractivity contribution in [2.75, 3.05) is 0 Å². The second kappa shape index (κ2) is 29.2. The third-order valence-electron chi connectivity index (χ3n) is 11.3. The molecule has 1 aliphatic carbocycles. The first-order valence-corrected chi connectivity index (χ1v) is 39.7. The van der Waals surface area contributed by atoms with Gasteiger partial charge in [-0.25, -0.2) is 0 Å². The van der Waals surface area contributed by atoms with Gasteiger partial charge in [0.05, 0.1) is 0 Å². The fraction of sp³-hybridized carbons (Fsp3) is 1.00. The van der Waals surface area contributed by atoms with Crippen LogP contribution in [0.4, 0.5) is 0 Å². The molecule has 516 valence electrons. The number of rotatable bonds is 0. The summed E-state index contributed by atoms with van der Waals surface area (Å²) < 4.78 is -110. The van der Waals surface area contributed by atoms with Crippen molar-refractivity contribution in [3.05, 3.63) is 0 Å². The Hall–Kier alpha value is 16.5. The Morgan fingerprint density at radius 3 is 0.198 bits per heavy atom. The Labute approximate surface area is 773 Å². The van der Waals surface area contributed by atoms with E-state index in [0.717, 1.165) is 0 Å². The maximum atomic E-state index is 6.74. The maximum Gasteiger partial charge on any atom is 0.189 e. The molecule has 0 aromatic rings. The Balaban J connectivity index is 5.24. The van der Waals surface area contributed by atoms with Gasteiger partial charge in [-0.05, 0) is 0 Å². The minimum absolute atomic E-state index is 2.98. The molecule has 0 nitrogen and oxygen atoms in total. The molecular weight excluding hydrogens is 2370 g/mol. The van der Waals surface area contributed by atoms with Gasteiger partial charge in [-0.2, -0.15) is 0 Å². The molecule has 0 atom stereocenters. The summed E-state index contributed by atoms with van der Waals surface area (Å²) in [4.78, 5) is 0. The fourth-order valence-corrected chi connectivity index (χ4v) is 27.4. The zero-order valence-electron chi connectivity index (χ0n) is 36.1. The lowest BCUT2D eigenvalue weighted by atomic mass is 9.95. The van der Waals surface area contributed by atoms with E-state index in [0.29, 0.717) is 0 Å². The van der Waals surface area contributed by atoms with Crippen molar-refractivity contribution in [1.29, 1.82) is 0 Å². The second-order valence-corrected chi connectivity index (χ2v) is 54.3. The maximum absolute atomic E-state index is 6.74. The summed E-state index contributed by atoms with van der Waals surface area (Å²) in [6.45, 7) is 0. The lowest BCUT2D eigenvalue weighted by Gasteiger charge is -2.60. The molecule has 1 rings (SSSR count). The van der Waals surface area contributed by atoms with Crippen molar-refractivity contribution in [2.24, 2.45) is 0 Å². The van der Waals surface area contributed by atoms with Crippen molar-refractivity contribution in [1.82, 2.24) is 0 Å². The molecule has 0 saturated heterocycles. The molecule has 0 aliphatic heterocycles. The third-order valence-corrected chi connectivity index (χ3v) is 54.4. The summed E-state index contributed by atoms with van der Waals surface area (Å²) in [6.07, 6.45) is 0. The molecular formula is C29HCl57. The molecule has 86 heavy (non-hydrogen) atoms. The molecule has 1 saturated carbocycles. The number of halogens is 57. The van der Waals surface area contributed by atoms with E-state index in [4.69, 9.17) is 661 Å². The Morgan fingerprint density at radius 1 is 0.0930 bits per heavy atom. The molecule has 0 N–H and O–H groups in total. The average Bonchev–Trinajstić information content (AvgIpc) is 3.28. The van der Waals surface area contributed by atoms with Crippen molar-refractivity contribution in [3.63, 3.8) is 0 Å². The average molecular weight is 2370 g/mol. The molecule has 0 radical (unpaired) electrons. The van der Waals surface area contributed by atoms with Crippen molar-refractivity contribution >= 4 is 661 Å². The number of alkyl halides is 57. The van der Waals surface area contributed by atoms with E-state index in [1.54, 1.807) is 0 Å². The topological polar surface area (TPSA) is 0 Å². The van der Waals surface area contributed by atoms with E-state index in [-0.39, 0.29) is 0 Å². The van der Waals surface area contributed by atoms with Gasteiger partial charge in [-0.15, -0.1) is 11.6 Å². The van der Waals surface area contributed by atoms with Crippen LogP contribution in [0.2, 0.25) is 0 Å². The van der Waals surface area contributed by atoms with Crippen LogP contribution in [0.1, 0.15) is 0 Å². The van der Waals surface area contributed by atoms with E-state index < -0.39 is 127 Å². The first-order valence-electron chi connectivity index (χ1n) is 18.1. The number of hydrogen-bond acceptors (Lipinski definition) is 0. The van der Waals surface area contributed by atoms with E-state index in [2.05, 4.69) is 0 Å². The predicted molar refractivity (Wildman–Crippen MR) is 414 cm³/mol. The highest BCUT2D eigenvalue weighted by molar-refractivity contribution is 6.89. The van der Waals surface area contributed by atoms with Crippen LogP contribution in [0.25, 0.3) is 0 Å². The van der Waals surface area contributed by atoms with Crippen LogP contribution in [-0.2, 0) is 0 Å². The van der Waals surface area contributed by atoms with Crippen LogP contribution < -0.4 is 0 Å². The highest BCUT2D eigenvalue weighted by atomic mass is 35.6. The van der Waals surface area contributed by atoms with Crippen LogP contribution in [0.15, 0.2) is 0 Å². The largest absolute Gasteiger partial charge is 0.189 e. The zero-order valence-corrected chi connectivity index (χ0v) is 79.2. The predicted octanol–water partition coefficient (Wildman–Crippen LogP) is 33.5. The second-order valence-electron chi connectivity index (χ2n) is 16.5. The summed E-state index contributed by atoms with van der Waals surface area (Å²) in [5.74, 6) is 0. The van der Waals surface area contributed by atoms with E-state index in [1.165, 1.54) is 0 Å². The first kappa shape index (κ1) is 101. The smallest absolute Gasteiger partial charge is 0.116 e. The van der Waals surface area contributed by atoms with E-state index in [9.17, 15) is 0 Å². The zero-order chi connectivity index (χ0) is 71.6. The highest BCUT2D eigenvalue weighted by Gasteiger charge is 2.92. The van der Waals surface area contributed by atoms with Crippen molar-refractivity contribution in [2.45, 2.75) is 127 Å². The van der Waals surface area contributed by atoms with Gasteiger partial charge in [0, 0.05) is 0 Å². The van der Waals surface area contributed by atoms with Gasteiger partial charge in [-0.1, -0.05) is 650 Å². The molecule has 0 aromatic heterocycles. The molecule has 1 fully saturated rings. The van der Waals surface area contributed by atoms with Crippen LogP contribution in [-0.4, -0.2) is 127 Å². The molecule has 57 heteroatoms. The van der Waals surface area contributed by atoms with E-state index in [1.807, 2.05) is 0 Å². The molecule has 1 aliphatic rings. The number of hydrogen-bond donors (Lipinski definition) is 0. The SMILES string of the molecule is ClC1C(Cl)(Cl)C(Cl)(Cl)C(Cl)(Cl)C(Cl)(Cl)C(Cl)(Cl)C(Cl)(Cl)C(Cl)(Cl)C(Cl)(Cl)C(Cl)(Cl)C(Cl)(Cl)C(Cl)(Cl)C(Cl)(Cl)C(Cl)(Cl)C(Cl)(Cl)C(Cl)(Cl)C(Cl)(Cl)C(Cl)(Cl)C(Cl)(Cl)C(Cl)(Cl)C(Cl)(Cl)C(Cl)(Cl)C(Cl)(Cl)C(Cl)(Cl)C(Cl)(Cl)C(Cl)(Cl)C(Cl)(Cl)C(Cl)(Cl)C1(Cl)Cl. The molecule has 0 bridgehead atoms. The summed E-state index contributed by atoms with van der Waals surface area (Å²) in [7, 11) is 0. The molecule has 0 spiro atoms. The molecule has 0 unspecified atom stereocenters. The van der Waals surface area contributed by atoms with Crippen molar-refractivity contribution < 1.29 is 0 Å². The van der Waals surface area contributed by atoms with Gasteiger partial charge >= 0.3 is 0 Å². The Kier molecular flexibility index (Phi) is 34.1. The van der Waals surface area contributed by atoms with Gasteiger partial charge in [-0.3, -0.25) is 0 Å². The molecule has 0 amide bonds. The summed E-state index contributed by atoms with van der Waals surface area (Å²) in [6, 6.07) is 0. The normalized spacial score (nSPS) is 33.9. The highest BCUT2D eigenvalue weighted by Crippen LogP contribution is 2.83. The Bertz CT molecular complexity index is 2330. The van der Waals surface area contributed by atoms with Gasteiger partial charge in [0.1, 0.15) is 5.38 Å².